The average molecular weight is 403 g/mol. The minimum atomic E-state index is 0.444. The molecular formula is C23H25N5O2. The van der Waals surface area contributed by atoms with Crippen LogP contribution >= 0.6 is 0 Å². The molecule has 0 radical (unpaired) electrons. The van der Waals surface area contributed by atoms with E-state index >= 15 is 0 Å². The second-order valence-corrected chi connectivity index (χ2v) is 7.22. The Kier molecular flexibility index (Phi) is 6.38. The number of nitrogens with zero attached hydrogens (tertiary/aromatic N) is 5. The van der Waals surface area contributed by atoms with Crippen LogP contribution < -0.4 is 9.64 Å². The molecule has 0 aliphatic carbocycles. The molecule has 1 aromatic carbocycles. The first-order chi connectivity index (χ1) is 14.7. The minimum absolute atomic E-state index is 0.444. The second kappa shape index (κ2) is 9.53. The predicted molar refractivity (Wildman–Crippen MR) is 117 cm³/mol. The lowest BCUT2D eigenvalue weighted by atomic mass is 10.2. The van der Waals surface area contributed by atoms with E-state index in [1.54, 1.807) is 6.20 Å². The number of benzene rings is 1. The maximum atomic E-state index is 6.00. The lowest BCUT2D eigenvalue weighted by molar-refractivity contribution is 0.0320. The quantitative estimate of drug-likeness (QED) is 0.605. The highest BCUT2D eigenvalue weighted by molar-refractivity contribution is 5.71. The van der Waals surface area contributed by atoms with Gasteiger partial charge < -0.3 is 14.4 Å². The summed E-state index contributed by atoms with van der Waals surface area (Å²) < 4.78 is 11.4. The van der Waals surface area contributed by atoms with Crippen molar-refractivity contribution >= 4 is 16.9 Å². The van der Waals surface area contributed by atoms with Gasteiger partial charge in [-0.25, -0.2) is 15.0 Å². The van der Waals surface area contributed by atoms with Gasteiger partial charge in [-0.15, -0.1) is 0 Å². The summed E-state index contributed by atoms with van der Waals surface area (Å²) in [4.78, 5) is 17.9. The molecule has 3 heterocycles. The summed E-state index contributed by atoms with van der Waals surface area (Å²) >= 11 is 0. The third-order valence-corrected chi connectivity index (χ3v) is 4.85. The van der Waals surface area contributed by atoms with Crippen LogP contribution in [-0.2, 0) is 4.74 Å². The zero-order chi connectivity index (χ0) is 20.8. The van der Waals surface area contributed by atoms with Crippen LogP contribution in [0.1, 0.15) is 11.3 Å². The Morgan fingerprint density at radius 2 is 1.97 bits per heavy atom. The number of anilines is 1. The Labute approximate surface area is 176 Å². The molecule has 2 aromatic heterocycles. The van der Waals surface area contributed by atoms with Gasteiger partial charge in [-0.2, -0.15) is 0 Å². The molecule has 30 heavy (non-hydrogen) atoms. The van der Waals surface area contributed by atoms with Gasteiger partial charge in [0, 0.05) is 51.2 Å². The smallest absolute Gasteiger partial charge is 0.249 e. The maximum absolute atomic E-state index is 6.00. The molecule has 1 aliphatic heterocycles. The van der Waals surface area contributed by atoms with Crippen LogP contribution in [-0.4, -0.2) is 73.4 Å². The SMILES string of the molecule is CN(C)c1cccc(C#Cc2nc3ncccc3nc2OCCN2CCOCC2)c1. The summed E-state index contributed by atoms with van der Waals surface area (Å²) in [5, 5.41) is 0. The Morgan fingerprint density at radius 1 is 1.10 bits per heavy atom. The first-order valence-electron chi connectivity index (χ1n) is 10.0. The zero-order valence-corrected chi connectivity index (χ0v) is 17.3. The molecule has 7 heteroatoms. The molecule has 0 unspecified atom stereocenters. The standard InChI is InChI=1S/C23H25N5O2/c1-27(2)19-6-3-5-18(17-19)8-9-21-23(26-20-7-4-10-24-22(20)25-21)30-16-13-28-11-14-29-15-12-28/h3-7,10,17H,11-16H2,1-2H3. The zero-order valence-electron chi connectivity index (χ0n) is 17.3. The molecule has 7 nitrogen and oxygen atoms in total. The van der Waals surface area contributed by atoms with Crippen LogP contribution in [0.4, 0.5) is 5.69 Å². The van der Waals surface area contributed by atoms with Crippen molar-refractivity contribution in [3.63, 3.8) is 0 Å². The lowest BCUT2D eigenvalue weighted by Gasteiger charge is -2.26. The molecule has 0 spiro atoms. The van der Waals surface area contributed by atoms with Crippen LogP contribution in [0, 0.1) is 11.8 Å². The van der Waals surface area contributed by atoms with Gasteiger partial charge in [0.1, 0.15) is 12.1 Å². The van der Waals surface area contributed by atoms with Crippen molar-refractivity contribution in [3.05, 3.63) is 53.9 Å². The third kappa shape index (κ3) is 5.03. The van der Waals surface area contributed by atoms with Crippen molar-refractivity contribution in [2.45, 2.75) is 0 Å². The lowest BCUT2D eigenvalue weighted by Crippen LogP contribution is -2.38. The molecule has 1 saturated heterocycles. The van der Waals surface area contributed by atoms with E-state index in [2.05, 4.69) is 31.7 Å². The first kappa shape index (κ1) is 20.1. The van der Waals surface area contributed by atoms with Gasteiger partial charge in [-0.1, -0.05) is 12.0 Å². The van der Waals surface area contributed by atoms with Crippen molar-refractivity contribution in [2.75, 3.05) is 58.5 Å². The Bertz CT molecular complexity index is 1070. The number of hydrogen-bond acceptors (Lipinski definition) is 7. The van der Waals surface area contributed by atoms with Gasteiger partial charge in [0.15, 0.2) is 11.3 Å². The van der Waals surface area contributed by atoms with Crippen molar-refractivity contribution in [3.8, 4) is 17.7 Å². The highest BCUT2D eigenvalue weighted by Gasteiger charge is 2.13. The summed E-state index contributed by atoms with van der Waals surface area (Å²) in [5.74, 6) is 6.77. The van der Waals surface area contributed by atoms with E-state index in [4.69, 9.17) is 9.47 Å². The summed E-state index contributed by atoms with van der Waals surface area (Å²) in [6.07, 6.45) is 1.70. The predicted octanol–water partition coefficient (Wildman–Crippen LogP) is 2.20. The van der Waals surface area contributed by atoms with Crippen LogP contribution in [0.15, 0.2) is 42.6 Å². The average Bonchev–Trinajstić information content (AvgIpc) is 2.78. The number of pyridine rings is 1. The number of rotatable bonds is 5. The van der Waals surface area contributed by atoms with Crippen molar-refractivity contribution in [1.82, 2.24) is 19.9 Å². The van der Waals surface area contributed by atoms with Crippen molar-refractivity contribution in [1.29, 1.82) is 0 Å². The minimum Gasteiger partial charge on any atom is -0.474 e. The topological polar surface area (TPSA) is 63.6 Å². The number of fused-ring (bicyclic) bond motifs is 1. The Hall–Kier alpha value is -3.21. The summed E-state index contributed by atoms with van der Waals surface area (Å²) in [6, 6.07) is 11.8. The van der Waals surface area contributed by atoms with E-state index in [9.17, 15) is 0 Å². The van der Waals surface area contributed by atoms with Gasteiger partial charge >= 0.3 is 0 Å². The Balaban J connectivity index is 1.58. The van der Waals surface area contributed by atoms with Crippen molar-refractivity contribution in [2.24, 2.45) is 0 Å². The second-order valence-electron chi connectivity index (χ2n) is 7.22. The molecular weight excluding hydrogens is 378 g/mol. The molecule has 154 valence electrons. The van der Waals surface area contributed by atoms with Crippen LogP contribution in [0.3, 0.4) is 0 Å². The van der Waals surface area contributed by atoms with Gasteiger partial charge in [-0.3, -0.25) is 4.90 Å². The van der Waals surface area contributed by atoms with Gasteiger partial charge in [0.05, 0.1) is 13.2 Å². The normalized spacial score (nSPS) is 14.2. The molecule has 1 aliphatic rings. The molecule has 0 saturated carbocycles. The number of aromatic nitrogens is 3. The molecule has 1 fully saturated rings. The highest BCUT2D eigenvalue weighted by atomic mass is 16.5. The van der Waals surface area contributed by atoms with E-state index in [0.29, 0.717) is 29.3 Å². The summed E-state index contributed by atoms with van der Waals surface area (Å²) in [6.45, 7) is 4.71. The van der Waals surface area contributed by atoms with Crippen LogP contribution in [0.25, 0.3) is 11.2 Å². The van der Waals surface area contributed by atoms with Crippen LogP contribution in [0.2, 0.25) is 0 Å². The van der Waals surface area contributed by atoms with E-state index in [1.807, 2.05) is 55.4 Å². The first-order valence-corrected chi connectivity index (χ1v) is 10.0. The third-order valence-electron chi connectivity index (χ3n) is 4.85. The fourth-order valence-corrected chi connectivity index (χ4v) is 3.15. The molecule has 0 amide bonds. The van der Waals surface area contributed by atoms with E-state index in [0.717, 1.165) is 44.1 Å². The van der Waals surface area contributed by atoms with Crippen LogP contribution in [0.5, 0.6) is 5.88 Å². The Morgan fingerprint density at radius 3 is 2.80 bits per heavy atom. The summed E-state index contributed by atoms with van der Waals surface area (Å²) in [5.41, 5.74) is 3.75. The molecule has 4 rings (SSSR count). The molecule has 0 atom stereocenters. The maximum Gasteiger partial charge on any atom is 0.249 e. The van der Waals surface area contributed by atoms with E-state index in [-0.39, 0.29) is 0 Å². The van der Waals surface area contributed by atoms with E-state index in [1.165, 1.54) is 0 Å². The van der Waals surface area contributed by atoms with Gasteiger partial charge in [0.25, 0.3) is 0 Å². The monoisotopic (exact) mass is 403 g/mol. The largest absolute Gasteiger partial charge is 0.474 e. The van der Waals surface area contributed by atoms with Crippen molar-refractivity contribution < 1.29 is 9.47 Å². The summed E-state index contributed by atoms with van der Waals surface area (Å²) in [7, 11) is 4.01. The molecule has 3 aromatic rings. The van der Waals surface area contributed by atoms with Gasteiger partial charge in [0.2, 0.25) is 5.88 Å². The number of ether oxygens (including phenoxy) is 2. The molecule has 0 bridgehead atoms. The fraction of sp³-hybridized carbons (Fsp3) is 0.348. The number of morpholine rings is 1. The van der Waals surface area contributed by atoms with Gasteiger partial charge in [-0.05, 0) is 36.3 Å². The van der Waals surface area contributed by atoms with E-state index < -0.39 is 0 Å². The number of hydrogen-bond donors (Lipinski definition) is 0. The highest BCUT2D eigenvalue weighted by Crippen LogP contribution is 2.18. The molecule has 0 N–H and O–H groups in total. The fourth-order valence-electron chi connectivity index (χ4n) is 3.15.